The van der Waals surface area contributed by atoms with Crippen molar-refractivity contribution in [2.75, 3.05) is 6.61 Å². The van der Waals surface area contributed by atoms with Crippen LogP contribution in [0, 0.1) is 27.7 Å². The van der Waals surface area contributed by atoms with E-state index in [1.54, 1.807) is 6.26 Å². The minimum absolute atomic E-state index is 0.105. The minimum atomic E-state index is -0.431. The lowest BCUT2D eigenvalue weighted by molar-refractivity contribution is -0.129. The fourth-order valence-corrected chi connectivity index (χ4v) is 3.08. The van der Waals surface area contributed by atoms with E-state index in [2.05, 4.69) is 10.9 Å². The van der Waals surface area contributed by atoms with Gasteiger partial charge in [0.2, 0.25) is 5.91 Å². The van der Waals surface area contributed by atoms with Gasteiger partial charge in [0.1, 0.15) is 11.3 Å². The molecular weight excluding hydrogens is 356 g/mol. The van der Waals surface area contributed by atoms with E-state index in [0.717, 1.165) is 38.8 Å². The van der Waals surface area contributed by atoms with Crippen molar-refractivity contribution >= 4 is 22.8 Å². The molecule has 1 aromatic heterocycles. The Balaban J connectivity index is 1.53. The van der Waals surface area contributed by atoms with E-state index in [1.807, 2.05) is 58.0 Å². The summed E-state index contributed by atoms with van der Waals surface area (Å²) < 4.78 is 11.2. The predicted molar refractivity (Wildman–Crippen MR) is 107 cm³/mol. The second kappa shape index (κ2) is 8.17. The maximum absolute atomic E-state index is 12.2. The highest BCUT2D eigenvalue weighted by Gasteiger charge is 2.14. The molecule has 0 fully saturated rings. The molecule has 0 bridgehead atoms. The van der Waals surface area contributed by atoms with Crippen LogP contribution < -0.4 is 15.6 Å². The molecule has 2 N–H and O–H groups in total. The SMILES string of the molecule is Cc1cccc(C)c1OCC(=O)NNC(=O)Cc1coc2c(C)c(C)ccc12. The Morgan fingerprint density at radius 2 is 1.61 bits per heavy atom. The van der Waals surface area contributed by atoms with Gasteiger partial charge in [-0.2, -0.15) is 0 Å². The van der Waals surface area contributed by atoms with Gasteiger partial charge >= 0.3 is 0 Å². The monoisotopic (exact) mass is 380 g/mol. The maximum atomic E-state index is 12.2. The number of para-hydroxylation sites is 1. The van der Waals surface area contributed by atoms with Crippen molar-refractivity contribution in [2.24, 2.45) is 0 Å². The summed E-state index contributed by atoms with van der Waals surface area (Å²) in [6, 6.07) is 9.71. The van der Waals surface area contributed by atoms with Gasteiger partial charge in [0.25, 0.3) is 5.91 Å². The molecule has 3 aromatic rings. The molecule has 0 unspecified atom stereocenters. The van der Waals surface area contributed by atoms with Gasteiger partial charge in [0.05, 0.1) is 12.7 Å². The van der Waals surface area contributed by atoms with Crippen molar-refractivity contribution in [3.05, 3.63) is 64.4 Å². The van der Waals surface area contributed by atoms with Gasteiger partial charge < -0.3 is 9.15 Å². The Bertz CT molecular complexity index is 1020. The molecule has 1 heterocycles. The van der Waals surface area contributed by atoms with Gasteiger partial charge in [0, 0.05) is 10.9 Å². The largest absolute Gasteiger partial charge is 0.483 e. The van der Waals surface area contributed by atoms with E-state index in [1.165, 1.54) is 0 Å². The summed E-state index contributed by atoms with van der Waals surface area (Å²) in [5, 5.41) is 0.905. The molecule has 0 saturated heterocycles. The summed E-state index contributed by atoms with van der Waals surface area (Å²) >= 11 is 0. The zero-order valence-corrected chi connectivity index (χ0v) is 16.5. The Morgan fingerprint density at radius 3 is 2.32 bits per heavy atom. The van der Waals surface area contributed by atoms with Crippen molar-refractivity contribution in [1.82, 2.24) is 10.9 Å². The normalized spacial score (nSPS) is 10.7. The number of nitrogens with one attached hydrogen (secondary N) is 2. The van der Waals surface area contributed by atoms with Crippen LogP contribution in [0.3, 0.4) is 0 Å². The number of hydrogen-bond acceptors (Lipinski definition) is 4. The highest BCUT2D eigenvalue weighted by molar-refractivity contribution is 5.90. The van der Waals surface area contributed by atoms with E-state index in [4.69, 9.17) is 9.15 Å². The Morgan fingerprint density at radius 1 is 0.929 bits per heavy atom. The first-order chi connectivity index (χ1) is 13.4. The fourth-order valence-electron chi connectivity index (χ4n) is 3.08. The summed E-state index contributed by atoms with van der Waals surface area (Å²) in [5.74, 6) is -0.0830. The van der Waals surface area contributed by atoms with E-state index in [9.17, 15) is 9.59 Å². The molecule has 0 radical (unpaired) electrons. The Hall–Kier alpha value is -3.28. The molecule has 2 amide bonds. The van der Waals surface area contributed by atoms with Crippen LogP contribution in [0.2, 0.25) is 0 Å². The summed E-state index contributed by atoms with van der Waals surface area (Å²) in [4.78, 5) is 24.2. The zero-order chi connectivity index (χ0) is 20.3. The Labute approximate surface area is 163 Å². The fraction of sp³-hybridized carbons (Fsp3) is 0.273. The van der Waals surface area contributed by atoms with Crippen molar-refractivity contribution in [1.29, 1.82) is 0 Å². The number of benzene rings is 2. The third-order valence-corrected chi connectivity index (χ3v) is 4.79. The Kier molecular flexibility index (Phi) is 5.68. The lowest BCUT2D eigenvalue weighted by Crippen LogP contribution is -2.44. The van der Waals surface area contributed by atoms with Crippen LogP contribution in [0.1, 0.15) is 27.8 Å². The van der Waals surface area contributed by atoms with Gasteiger partial charge in [-0.25, -0.2) is 0 Å². The van der Waals surface area contributed by atoms with Crippen LogP contribution in [0.15, 0.2) is 41.0 Å². The molecule has 146 valence electrons. The maximum Gasteiger partial charge on any atom is 0.276 e. The number of hydrazine groups is 1. The highest BCUT2D eigenvalue weighted by atomic mass is 16.5. The average molecular weight is 380 g/mol. The third-order valence-electron chi connectivity index (χ3n) is 4.79. The minimum Gasteiger partial charge on any atom is -0.483 e. The molecule has 28 heavy (non-hydrogen) atoms. The van der Waals surface area contributed by atoms with Crippen LogP contribution in [-0.2, 0) is 16.0 Å². The van der Waals surface area contributed by atoms with Crippen LogP contribution in [0.4, 0.5) is 0 Å². The first-order valence-electron chi connectivity index (χ1n) is 9.09. The zero-order valence-electron chi connectivity index (χ0n) is 16.5. The molecule has 0 atom stereocenters. The molecule has 0 spiro atoms. The third kappa shape index (κ3) is 4.17. The van der Waals surface area contributed by atoms with Gasteiger partial charge in [-0.15, -0.1) is 0 Å². The van der Waals surface area contributed by atoms with Crippen molar-refractivity contribution < 1.29 is 18.7 Å². The van der Waals surface area contributed by atoms with Crippen LogP contribution in [0.5, 0.6) is 5.75 Å². The number of carbonyl (C=O) groups is 2. The summed E-state index contributed by atoms with van der Waals surface area (Å²) in [7, 11) is 0. The molecule has 0 aliphatic carbocycles. The average Bonchev–Trinajstić information content (AvgIpc) is 3.06. The molecule has 0 aliphatic rings. The van der Waals surface area contributed by atoms with E-state index in [-0.39, 0.29) is 18.9 Å². The smallest absolute Gasteiger partial charge is 0.276 e. The second-order valence-corrected chi connectivity index (χ2v) is 6.93. The molecule has 6 heteroatoms. The molecular formula is C22H24N2O4. The number of furan rings is 1. The van der Waals surface area contributed by atoms with Gasteiger partial charge in [0.15, 0.2) is 6.61 Å². The lowest BCUT2D eigenvalue weighted by Gasteiger charge is -2.12. The number of carbonyl (C=O) groups excluding carboxylic acids is 2. The van der Waals surface area contributed by atoms with Crippen LogP contribution in [0.25, 0.3) is 11.0 Å². The van der Waals surface area contributed by atoms with Crippen LogP contribution in [-0.4, -0.2) is 18.4 Å². The van der Waals surface area contributed by atoms with E-state index in [0.29, 0.717) is 5.75 Å². The van der Waals surface area contributed by atoms with Crippen molar-refractivity contribution in [2.45, 2.75) is 34.1 Å². The number of ether oxygens (including phenoxy) is 1. The first kappa shape index (κ1) is 19.5. The first-order valence-corrected chi connectivity index (χ1v) is 9.09. The molecule has 3 rings (SSSR count). The van der Waals surface area contributed by atoms with E-state index >= 15 is 0 Å². The predicted octanol–water partition coefficient (Wildman–Crippen LogP) is 3.44. The standard InChI is InChI=1S/C22H24N2O4/c1-13-8-9-18-17(11-27-22(18)16(13)4)10-19(25)23-24-20(26)12-28-21-14(2)6-5-7-15(21)3/h5-9,11H,10,12H2,1-4H3,(H,23,25)(H,24,26). The van der Waals surface area contributed by atoms with Gasteiger partial charge in [-0.1, -0.05) is 30.3 Å². The lowest BCUT2D eigenvalue weighted by atomic mass is 10.0. The van der Waals surface area contributed by atoms with E-state index < -0.39 is 5.91 Å². The highest BCUT2D eigenvalue weighted by Crippen LogP contribution is 2.26. The van der Waals surface area contributed by atoms with Gasteiger partial charge in [-0.05, 0) is 49.9 Å². The molecule has 0 saturated carbocycles. The summed E-state index contributed by atoms with van der Waals surface area (Å²) in [6.45, 7) is 7.65. The molecule has 6 nitrogen and oxygen atoms in total. The summed E-state index contributed by atoms with van der Waals surface area (Å²) in [5.41, 5.74) is 10.5. The second-order valence-electron chi connectivity index (χ2n) is 6.93. The number of hydrogen-bond donors (Lipinski definition) is 2. The number of aryl methyl sites for hydroxylation is 4. The molecule has 0 aliphatic heterocycles. The van der Waals surface area contributed by atoms with Crippen molar-refractivity contribution in [3.8, 4) is 5.75 Å². The summed E-state index contributed by atoms with van der Waals surface area (Å²) in [6.07, 6.45) is 1.69. The van der Waals surface area contributed by atoms with Gasteiger partial charge in [-0.3, -0.25) is 20.4 Å². The topological polar surface area (TPSA) is 80.6 Å². The van der Waals surface area contributed by atoms with Crippen LogP contribution >= 0.6 is 0 Å². The quantitative estimate of drug-likeness (QED) is 0.665. The van der Waals surface area contributed by atoms with Crippen molar-refractivity contribution in [3.63, 3.8) is 0 Å². The number of rotatable bonds is 5. The number of amides is 2. The number of fused-ring (bicyclic) bond motifs is 1. The molecule has 2 aromatic carbocycles.